The number of terminal acetylenes is 1. The molecule has 2 aromatic carbocycles. The minimum Gasteiger partial charge on any atom is -0.497 e. The Balaban J connectivity index is 2.05. The number of methoxy groups -OCH3 is 2. The summed E-state index contributed by atoms with van der Waals surface area (Å²) in [7, 11) is 1.70. The van der Waals surface area contributed by atoms with Crippen molar-refractivity contribution in [2.75, 3.05) is 19.1 Å². The fourth-order valence-corrected chi connectivity index (χ4v) is 4.02. The third kappa shape index (κ3) is 7.08. The molecule has 0 aliphatic carbocycles. The molecule has 2 atom stereocenters. The first-order valence-corrected chi connectivity index (χ1v) is 12.4. The molecule has 0 unspecified atom stereocenters. The van der Waals surface area contributed by atoms with E-state index in [0.29, 0.717) is 24.5 Å². The van der Waals surface area contributed by atoms with Gasteiger partial charge in [0, 0.05) is 24.8 Å². The molecule has 6 nitrogen and oxygen atoms in total. The summed E-state index contributed by atoms with van der Waals surface area (Å²) in [5.74, 6) is 4.59. The number of nitrogens with one attached hydrogen (secondary N) is 1. The van der Waals surface area contributed by atoms with E-state index >= 15 is 0 Å². The van der Waals surface area contributed by atoms with E-state index in [1.54, 1.807) is 32.5 Å². The van der Waals surface area contributed by atoms with E-state index in [1.807, 2.05) is 69.3 Å². The van der Waals surface area contributed by atoms with Crippen molar-refractivity contribution in [3.63, 3.8) is 0 Å². The maximum absolute atomic E-state index is 12.9. The van der Waals surface area contributed by atoms with Gasteiger partial charge in [0.05, 0.1) is 31.3 Å². The summed E-state index contributed by atoms with van der Waals surface area (Å²) >= 11 is 0. The van der Waals surface area contributed by atoms with E-state index in [1.165, 1.54) is 0 Å². The summed E-state index contributed by atoms with van der Waals surface area (Å²) < 4.78 is 34.9. The first kappa shape index (κ1) is 24.8. The van der Waals surface area contributed by atoms with Gasteiger partial charge in [-0.1, -0.05) is 36.3 Å². The zero-order valence-electron chi connectivity index (χ0n) is 21.9. The van der Waals surface area contributed by atoms with Gasteiger partial charge >= 0.3 is 0 Å². The second-order valence-electron chi connectivity index (χ2n) is 8.93. The average Bonchev–Trinajstić information content (AvgIpc) is 2.88. The number of nitrogens with zero attached hydrogens (tertiary/aromatic N) is 2. The molecule has 0 aliphatic heterocycles. The van der Waals surface area contributed by atoms with E-state index in [-0.39, 0.29) is 0 Å². The quantitative estimate of drug-likeness (QED) is 0.402. The summed E-state index contributed by atoms with van der Waals surface area (Å²) in [6.45, 7) is 6.50. The molecule has 0 amide bonds. The van der Waals surface area contributed by atoms with Crippen LogP contribution in [0.4, 0.5) is 5.82 Å². The van der Waals surface area contributed by atoms with Crippen molar-refractivity contribution in [2.24, 2.45) is 0 Å². The standard InChI is InChI=1S/C28H33N3O3S/c1-7-26(30-35(32)28(2,3)4)25-9-8-18-29-27(25)31(19-21-10-14-23(33-5)15-11-21)20-22-12-16-24(34-6)17-13-22/h1,8-18,26,30H,19-20H2,2-6H3/t26-,35+/m1/s1/i26D. The van der Waals surface area contributed by atoms with Crippen molar-refractivity contribution >= 4 is 16.8 Å². The van der Waals surface area contributed by atoms with Crippen LogP contribution in [0.25, 0.3) is 0 Å². The molecule has 7 heteroatoms. The number of hydrogen-bond donors (Lipinski definition) is 1. The largest absolute Gasteiger partial charge is 0.497 e. The van der Waals surface area contributed by atoms with Crippen LogP contribution in [0.3, 0.4) is 0 Å². The Kier molecular flexibility index (Phi) is 8.40. The zero-order valence-corrected chi connectivity index (χ0v) is 21.7. The summed E-state index contributed by atoms with van der Waals surface area (Å²) in [6, 6.07) is 17.3. The van der Waals surface area contributed by atoms with Crippen molar-refractivity contribution < 1.29 is 15.1 Å². The highest BCUT2D eigenvalue weighted by molar-refractivity contribution is 7.84. The predicted octanol–water partition coefficient (Wildman–Crippen LogP) is 5.03. The van der Waals surface area contributed by atoms with Crippen LogP contribution in [-0.2, 0) is 24.1 Å². The molecule has 1 heterocycles. The van der Waals surface area contributed by atoms with Gasteiger partial charge in [-0.3, -0.25) is 0 Å². The Hall–Kier alpha value is -3.34. The number of hydrogen-bond acceptors (Lipinski definition) is 5. The number of pyridine rings is 1. The Bertz CT molecular complexity index is 1170. The monoisotopic (exact) mass is 492 g/mol. The van der Waals surface area contributed by atoms with Gasteiger partial charge in [0.2, 0.25) is 0 Å². The molecule has 0 spiro atoms. The summed E-state index contributed by atoms with van der Waals surface area (Å²) in [6.07, 6.45) is 7.53. The predicted molar refractivity (Wildman–Crippen MR) is 143 cm³/mol. The van der Waals surface area contributed by atoms with E-state index in [9.17, 15) is 4.21 Å². The van der Waals surface area contributed by atoms with Crippen molar-refractivity contribution in [2.45, 2.75) is 44.6 Å². The lowest BCUT2D eigenvalue weighted by molar-refractivity contribution is 0.414. The molecule has 35 heavy (non-hydrogen) atoms. The van der Waals surface area contributed by atoms with Crippen LogP contribution in [-0.4, -0.2) is 28.2 Å². The molecule has 0 aliphatic rings. The Morgan fingerprint density at radius 3 is 1.97 bits per heavy atom. The van der Waals surface area contributed by atoms with Gasteiger partial charge in [-0.15, -0.1) is 6.42 Å². The molecular formula is C28H33N3O3S. The second-order valence-corrected chi connectivity index (χ2v) is 10.9. The zero-order chi connectivity index (χ0) is 26.3. The lowest BCUT2D eigenvalue weighted by Crippen LogP contribution is -2.36. The third-order valence-corrected chi connectivity index (χ3v) is 6.82. The minimum absolute atomic E-state index is 0.451. The summed E-state index contributed by atoms with van der Waals surface area (Å²) in [4.78, 5) is 6.70. The number of benzene rings is 2. The Labute approximate surface area is 212 Å². The highest BCUT2D eigenvalue weighted by Crippen LogP contribution is 2.29. The summed E-state index contributed by atoms with van der Waals surface area (Å²) in [5, 5.41) is 0. The molecule has 184 valence electrons. The van der Waals surface area contributed by atoms with Gasteiger partial charge in [0.1, 0.15) is 23.3 Å². The highest BCUT2D eigenvalue weighted by atomic mass is 32.2. The van der Waals surface area contributed by atoms with Crippen LogP contribution in [0.1, 0.15) is 44.9 Å². The van der Waals surface area contributed by atoms with E-state index in [0.717, 1.165) is 22.6 Å². The molecule has 0 radical (unpaired) electrons. The number of ether oxygens (including phenoxy) is 2. The van der Waals surface area contributed by atoms with Crippen LogP contribution in [0.2, 0.25) is 0 Å². The minimum atomic E-state index is -1.75. The van der Waals surface area contributed by atoms with Crippen LogP contribution in [0, 0.1) is 12.3 Å². The first-order valence-electron chi connectivity index (χ1n) is 11.7. The molecule has 0 fully saturated rings. The molecular weight excluding hydrogens is 458 g/mol. The van der Waals surface area contributed by atoms with E-state index in [4.69, 9.17) is 17.3 Å². The maximum atomic E-state index is 12.9. The average molecular weight is 493 g/mol. The van der Waals surface area contributed by atoms with Crippen molar-refractivity contribution in [3.05, 3.63) is 83.6 Å². The smallest absolute Gasteiger partial charge is 0.134 e. The fourth-order valence-electron chi connectivity index (χ4n) is 3.36. The van der Waals surface area contributed by atoms with Crippen LogP contribution < -0.4 is 19.1 Å². The SMILES string of the molecule is [2H][C@](C#C)(N[S@@](=O)C(C)(C)C)c1cccnc1N(Cc1ccc(OC)cc1)Cc1ccc(OC)cc1. The Morgan fingerprint density at radius 1 is 1.03 bits per heavy atom. The van der Waals surface area contributed by atoms with Gasteiger partial charge in [0.15, 0.2) is 0 Å². The topological polar surface area (TPSA) is 63.7 Å². The lowest BCUT2D eigenvalue weighted by atomic mass is 10.1. The molecule has 3 aromatic rings. The molecule has 3 rings (SSSR count). The summed E-state index contributed by atoms with van der Waals surface area (Å²) in [5.41, 5.74) is 2.51. The van der Waals surface area contributed by atoms with E-state index in [2.05, 4.69) is 20.5 Å². The van der Waals surface area contributed by atoms with Crippen LogP contribution >= 0.6 is 0 Å². The van der Waals surface area contributed by atoms with E-state index < -0.39 is 21.8 Å². The number of rotatable bonds is 10. The maximum Gasteiger partial charge on any atom is 0.134 e. The normalized spacial score (nSPS) is 14.2. The van der Waals surface area contributed by atoms with Crippen LogP contribution in [0.5, 0.6) is 11.5 Å². The lowest BCUT2D eigenvalue weighted by Gasteiger charge is -2.29. The molecule has 1 aromatic heterocycles. The molecule has 1 N–H and O–H groups in total. The highest BCUT2D eigenvalue weighted by Gasteiger charge is 2.26. The van der Waals surface area contributed by atoms with Crippen molar-refractivity contribution in [1.82, 2.24) is 9.71 Å². The molecule has 0 bridgehead atoms. The van der Waals surface area contributed by atoms with Gasteiger partial charge in [-0.2, -0.15) is 0 Å². The van der Waals surface area contributed by atoms with Gasteiger partial charge in [0.25, 0.3) is 0 Å². The van der Waals surface area contributed by atoms with Crippen molar-refractivity contribution in [3.8, 4) is 23.8 Å². The van der Waals surface area contributed by atoms with Crippen LogP contribution in [0.15, 0.2) is 66.9 Å². The van der Waals surface area contributed by atoms with Gasteiger partial charge in [-0.25, -0.2) is 13.9 Å². The Morgan fingerprint density at radius 2 is 1.54 bits per heavy atom. The number of aromatic nitrogens is 1. The second kappa shape index (κ2) is 11.9. The van der Waals surface area contributed by atoms with Gasteiger partial charge < -0.3 is 14.4 Å². The molecule has 0 saturated carbocycles. The first-order chi connectivity index (χ1) is 17.1. The fraction of sp³-hybridized carbons (Fsp3) is 0.321. The third-order valence-electron chi connectivity index (χ3n) is 5.32. The van der Waals surface area contributed by atoms with Gasteiger partial charge in [-0.05, 0) is 62.2 Å². The molecule has 0 saturated heterocycles. The number of anilines is 1. The van der Waals surface area contributed by atoms with Crippen molar-refractivity contribution in [1.29, 1.82) is 0 Å².